The van der Waals surface area contributed by atoms with Gasteiger partial charge in [-0.1, -0.05) is 20.8 Å². The number of ether oxygens (including phenoxy) is 1. The maximum absolute atomic E-state index is 11.6. The molecule has 112 valence electrons. The zero-order chi connectivity index (χ0) is 15.7. The van der Waals surface area contributed by atoms with E-state index in [9.17, 15) is 25.2 Å². The Hall–Kier alpha value is -0.690. The molecule has 1 fully saturated rings. The third-order valence-electron chi connectivity index (χ3n) is 4.01. The first kappa shape index (κ1) is 14.7. The summed E-state index contributed by atoms with van der Waals surface area (Å²) in [6, 6.07) is 0. The van der Waals surface area contributed by atoms with Crippen LogP contribution in [0.25, 0.3) is 0 Å². The quantitative estimate of drug-likeness (QED) is 0.576. The first-order chi connectivity index (χ1) is 9.17. The van der Waals surface area contributed by atoms with Crippen LogP contribution >= 0.6 is 0 Å². The van der Waals surface area contributed by atoms with Gasteiger partial charge in [-0.25, -0.2) is 4.79 Å². The number of carboxylic acids is 1. The van der Waals surface area contributed by atoms with Crippen molar-refractivity contribution in [2.24, 2.45) is 11.8 Å². The minimum Gasteiger partial charge on any atom is -0.479 e. The van der Waals surface area contributed by atoms with Gasteiger partial charge >= 0.3 is 5.97 Å². The largest absolute Gasteiger partial charge is 0.479 e. The maximum atomic E-state index is 11.6. The smallest absolute Gasteiger partial charge is 0.336 e. The summed E-state index contributed by atoms with van der Waals surface area (Å²) >= 11 is 0. The van der Waals surface area contributed by atoms with Crippen molar-refractivity contribution in [3.8, 4) is 0 Å². The molecule has 0 bridgehead atoms. The highest BCUT2D eigenvalue weighted by Gasteiger charge is 2.54. The van der Waals surface area contributed by atoms with Crippen molar-refractivity contribution in [3.63, 3.8) is 0 Å². The first-order valence-corrected chi connectivity index (χ1v) is 6.42. The summed E-state index contributed by atoms with van der Waals surface area (Å²) in [7, 11) is 0. The van der Waals surface area contributed by atoms with Crippen LogP contribution < -0.4 is 0 Å². The lowest BCUT2D eigenvalue weighted by molar-refractivity contribution is -0.245. The van der Waals surface area contributed by atoms with Crippen molar-refractivity contribution in [1.82, 2.24) is 0 Å². The highest BCUT2D eigenvalue weighted by molar-refractivity contribution is 5.78. The Morgan fingerprint density at radius 3 is 2.47 bits per heavy atom. The van der Waals surface area contributed by atoms with E-state index < -0.39 is 54.7 Å². The third kappa shape index (κ3) is 2.91. The Morgan fingerprint density at radius 1 is 1.47 bits per heavy atom. The van der Waals surface area contributed by atoms with Gasteiger partial charge < -0.3 is 25.2 Å². The molecule has 0 aromatic carbocycles. The predicted molar refractivity (Wildman–Crippen MR) is 67.6 cm³/mol. The summed E-state index contributed by atoms with van der Waals surface area (Å²) in [5, 5.41) is 39.2. The molecule has 6 heteroatoms. The number of carboxylic acid groups (broad SMARTS) is 1. The van der Waals surface area contributed by atoms with E-state index in [1.54, 1.807) is 20.8 Å². The summed E-state index contributed by atoms with van der Waals surface area (Å²) in [5.74, 6) is -2.14. The standard InChI is InChI=1S/C13H24O6/c1-6(2)13(12(17)18)5-9(15)7(3)11(19-13)10(16)8(4)14/h6-11,14-16H,5H2,1-4H3,(H,17,18)/i4D. The molecule has 0 spiro atoms. The van der Waals surface area contributed by atoms with Crippen LogP contribution in [0.15, 0.2) is 0 Å². The zero-order valence-corrected chi connectivity index (χ0v) is 11.5. The normalized spacial score (nSPS) is 39.7. The van der Waals surface area contributed by atoms with E-state index in [0.717, 1.165) is 0 Å². The van der Waals surface area contributed by atoms with E-state index in [-0.39, 0.29) is 6.42 Å². The molecule has 19 heavy (non-hydrogen) atoms. The fourth-order valence-corrected chi connectivity index (χ4v) is 2.47. The van der Waals surface area contributed by atoms with Crippen LogP contribution in [0.4, 0.5) is 0 Å². The molecule has 6 nitrogen and oxygen atoms in total. The Kier molecular flexibility index (Phi) is 4.45. The van der Waals surface area contributed by atoms with Crippen LogP contribution in [-0.2, 0) is 9.53 Å². The molecule has 0 aromatic heterocycles. The number of aliphatic hydroxyl groups excluding tert-OH is 3. The molecule has 0 aromatic rings. The van der Waals surface area contributed by atoms with Crippen molar-refractivity contribution in [2.45, 2.75) is 64.1 Å². The van der Waals surface area contributed by atoms with Crippen molar-refractivity contribution >= 4 is 5.97 Å². The highest BCUT2D eigenvalue weighted by Crippen LogP contribution is 2.39. The van der Waals surface area contributed by atoms with Gasteiger partial charge in [0, 0.05) is 13.7 Å². The Labute approximate surface area is 114 Å². The molecular formula is C13H24O6. The van der Waals surface area contributed by atoms with Gasteiger partial charge in [0.15, 0.2) is 5.60 Å². The summed E-state index contributed by atoms with van der Waals surface area (Å²) in [6.45, 7) is 4.54. The van der Waals surface area contributed by atoms with Crippen LogP contribution in [0, 0.1) is 11.8 Å². The summed E-state index contributed by atoms with van der Waals surface area (Å²) in [5.41, 5.74) is -1.60. The third-order valence-corrected chi connectivity index (χ3v) is 4.01. The molecule has 1 aliphatic rings. The Balaban J connectivity index is 3.09. The molecule has 1 heterocycles. The second-order valence-electron chi connectivity index (χ2n) is 5.62. The van der Waals surface area contributed by atoms with Crippen LogP contribution in [-0.4, -0.2) is 56.4 Å². The average molecular weight is 277 g/mol. The lowest BCUT2D eigenvalue weighted by Crippen LogP contribution is -2.61. The number of aliphatic hydroxyl groups is 3. The molecule has 1 saturated heterocycles. The molecule has 0 radical (unpaired) electrons. The van der Waals surface area contributed by atoms with E-state index in [1.807, 2.05) is 0 Å². The van der Waals surface area contributed by atoms with Crippen molar-refractivity contribution in [1.29, 1.82) is 0 Å². The highest BCUT2D eigenvalue weighted by atomic mass is 16.6. The SMILES string of the molecule is [2H]CC(O)C(O)C1OC(C(=O)O)(C(C)C)CC(O)C1C. The molecule has 0 saturated carbocycles. The van der Waals surface area contributed by atoms with Gasteiger partial charge in [-0.05, 0) is 12.8 Å². The van der Waals surface area contributed by atoms with Crippen molar-refractivity contribution in [3.05, 3.63) is 0 Å². The average Bonchev–Trinajstić information content (AvgIpc) is 2.39. The maximum Gasteiger partial charge on any atom is 0.336 e. The molecule has 6 unspecified atom stereocenters. The molecule has 4 N–H and O–H groups in total. The number of aliphatic carboxylic acids is 1. The number of hydrogen-bond donors (Lipinski definition) is 4. The predicted octanol–water partition coefficient (Wildman–Crippen LogP) is -0.00660. The van der Waals surface area contributed by atoms with Crippen LogP contribution in [0.2, 0.25) is 0 Å². The van der Waals surface area contributed by atoms with Gasteiger partial charge in [0.25, 0.3) is 0 Å². The van der Waals surface area contributed by atoms with Gasteiger partial charge in [-0.2, -0.15) is 0 Å². The molecular weight excluding hydrogens is 252 g/mol. The number of hydrogen-bond acceptors (Lipinski definition) is 5. The Bertz CT molecular complexity index is 350. The minimum absolute atomic E-state index is 0.0681. The van der Waals surface area contributed by atoms with Crippen LogP contribution in [0.3, 0.4) is 0 Å². The summed E-state index contributed by atoms with van der Waals surface area (Å²) < 4.78 is 12.7. The second-order valence-corrected chi connectivity index (χ2v) is 5.62. The molecule has 0 amide bonds. The van der Waals surface area contributed by atoms with Crippen molar-refractivity contribution in [2.75, 3.05) is 0 Å². The van der Waals surface area contributed by atoms with E-state index in [2.05, 4.69) is 0 Å². The lowest BCUT2D eigenvalue weighted by atomic mass is 9.76. The Morgan fingerprint density at radius 2 is 2.05 bits per heavy atom. The van der Waals surface area contributed by atoms with Gasteiger partial charge in [-0.3, -0.25) is 0 Å². The van der Waals surface area contributed by atoms with Gasteiger partial charge in [-0.15, -0.1) is 0 Å². The van der Waals surface area contributed by atoms with E-state index >= 15 is 0 Å². The van der Waals surface area contributed by atoms with Gasteiger partial charge in [0.05, 0.1) is 18.3 Å². The minimum atomic E-state index is -1.60. The van der Waals surface area contributed by atoms with Gasteiger partial charge in [0.2, 0.25) is 0 Å². The topological polar surface area (TPSA) is 107 Å². The van der Waals surface area contributed by atoms with E-state index in [0.29, 0.717) is 0 Å². The lowest BCUT2D eigenvalue weighted by Gasteiger charge is -2.47. The molecule has 1 rings (SSSR count). The fraction of sp³-hybridized carbons (Fsp3) is 0.923. The zero-order valence-electron chi connectivity index (χ0n) is 12.5. The number of rotatable bonds is 4. The molecule has 6 atom stereocenters. The van der Waals surface area contributed by atoms with Gasteiger partial charge in [0.1, 0.15) is 6.10 Å². The first-order valence-electron chi connectivity index (χ1n) is 7.12. The van der Waals surface area contributed by atoms with E-state index in [1.165, 1.54) is 0 Å². The van der Waals surface area contributed by atoms with Crippen molar-refractivity contribution < 1.29 is 31.3 Å². The monoisotopic (exact) mass is 277 g/mol. The second kappa shape index (κ2) is 5.75. The van der Waals surface area contributed by atoms with Crippen LogP contribution in [0.5, 0.6) is 0 Å². The van der Waals surface area contributed by atoms with E-state index in [4.69, 9.17) is 6.11 Å². The fourth-order valence-electron chi connectivity index (χ4n) is 2.47. The summed E-state index contributed by atoms with van der Waals surface area (Å²) in [6.07, 6.45) is -4.81. The molecule has 1 aliphatic heterocycles. The summed E-state index contributed by atoms with van der Waals surface area (Å²) in [4.78, 5) is 11.6. The molecule has 0 aliphatic carbocycles. The van der Waals surface area contributed by atoms with Crippen LogP contribution in [0.1, 0.15) is 35.5 Å². The number of carbonyl (C=O) groups is 1.